The number of para-hydroxylation sites is 2. The average molecular weight is 406 g/mol. The predicted octanol–water partition coefficient (Wildman–Crippen LogP) is 1.05. The van der Waals surface area contributed by atoms with Crippen LogP contribution in [-0.2, 0) is 11.2 Å². The molecule has 1 saturated heterocycles. The second-order valence-electron chi connectivity index (χ2n) is 7.57. The van der Waals surface area contributed by atoms with Crippen LogP contribution in [0.15, 0.2) is 36.9 Å². The molecule has 30 heavy (non-hydrogen) atoms. The number of nitrogens with zero attached hydrogens (tertiary/aromatic N) is 6. The number of aromatic amines is 1. The van der Waals surface area contributed by atoms with Crippen molar-refractivity contribution in [1.82, 2.24) is 34.4 Å². The number of aliphatic hydroxyl groups is 1. The maximum atomic E-state index is 12.7. The van der Waals surface area contributed by atoms with Gasteiger partial charge in [-0.3, -0.25) is 4.79 Å². The van der Waals surface area contributed by atoms with Crippen molar-refractivity contribution in [3.63, 3.8) is 0 Å². The van der Waals surface area contributed by atoms with Gasteiger partial charge in [0.25, 0.3) is 0 Å². The van der Waals surface area contributed by atoms with Gasteiger partial charge in [-0.05, 0) is 18.6 Å². The largest absolute Gasteiger partial charge is 0.389 e. The van der Waals surface area contributed by atoms with Crippen LogP contribution in [0.25, 0.3) is 22.2 Å². The quantitative estimate of drug-likeness (QED) is 0.450. The number of β-amino-alcohol motifs (C(OH)–C–C–N with tert-alkyl or cyclic N) is 1. The van der Waals surface area contributed by atoms with Gasteiger partial charge in [0, 0.05) is 25.9 Å². The Morgan fingerprint density at radius 1 is 1.23 bits per heavy atom. The summed E-state index contributed by atoms with van der Waals surface area (Å²) < 4.78 is 1.78. The number of nitrogens with one attached hydrogen (secondary N) is 1. The molecule has 0 unspecified atom stereocenters. The van der Waals surface area contributed by atoms with E-state index in [1.165, 1.54) is 6.33 Å². The van der Waals surface area contributed by atoms with Crippen LogP contribution >= 0.6 is 0 Å². The van der Waals surface area contributed by atoms with E-state index in [1.54, 1.807) is 15.8 Å². The Balaban J connectivity index is 1.22. The zero-order valence-electron chi connectivity index (χ0n) is 16.3. The van der Waals surface area contributed by atoms with Crippen molar-refractivity contribution in [2.24, 2.45) is 0 Å². The lowest BCUT2D eigenvalue weighted by atomic mass is 10.2. The van der Waals surface area contributed by atoms with Gasteiger partial charge >= 0.3 is 0 Å². The van der Waals surface area contributed by atoms with E-state index in [9.17, 15) is 9.90 Å². The van der Waals surface area contributed by atoms with Crippen LogP contribution in [0.2, 0.25) is 0 Å². The SMILES string of the molecule is Nc1ncnc2c1ncn2[C@@H]1CN(C(=O)CCCc2nc3ccccc3[nH]2)C[C@H]1O. The highest BCUT2D eigenvalue weighted by molar-refractivity contribution is 5.81. The molecule has 1 fully saturated rings. The maximum Gasteiger partial charge on any atom is 0.222 e. The van der Waals surface area contributed by atoms with Crippen molar-refractivity contribution in [2.75, 3.05) is 18.8 Å². The molecule has 0 aliphatic carbocycles. The fourth-order valence-corrected chi connectivity index (χ4v) is 4.05. The number of hydrogen-bond acceptors (Lipinski definition) is 7. The second-order valence-corrected chi connectivity index (χ2v) is 7.57. The Labute approximate surface area is 171 Å². The molecule has 0 saturated carbocycles. The number of benzene rings is 1. The normalized spacial score (nSPS) is 19.2. The van der Waals surface area contributed by atoms with E-state index in [1.807, 2.05) is 24.3 Å². The molecule has 1 aliphatic heterocycles. The highest BCUT2D eigenvalue weighted by Gasteiger charge is 2.36. The van der Waals surface area contributed by atoms with Crippen LogP contribution in [0.5, 0.6) is 0 Å². The molecule has 1 amide bonds. The van der Waals surface area contributed by atoms with Gasteiger partial charge in [0.15, 0.2) is 11.5 Å². The molecule has 4 aromatic rings. The summed E-state index contributed by atoms with van der Waals surface area (Å²) in [6.45, 7) is 0.689. The molecule has 0 bridgehead atoms. The Hall–Kier alpha value is -3.53. The summed E-state index contributed by atoms with van der Waals surface area (Å²) in [5, 5.41) is 10.6. The molecule has 10 nitrogen and oxygen atoms in total. The zero-order chi connectivity index (χ0) is 20.7. The molecule has 154 valence electrons. The Bertz CT molecular complexity index is 1180. The van der Waals surface area contributed by atoms with Gasteiger partial charge in [-0.25, -0.2) is 19.9 Å². The number of nitrogen functional groups attached to an aromatic ring is 1. The summed E-state index contributed by atoms with van der Waals surface area (Å²) in [7, 11) is 0. The van der Waals surface area contributed by atoms with Crippen molar-refractivity contribution in [2.45, 2.75) is 31.4 Å². The van der Waals surface area contributed by atoms with Gasteiger partial charge in [0.2, 0.25) is 5.91 Å². The van der Waals surface area contributed by atoms with E-state index >= 15 is 0 Å². The number of imidazole rings is 2. The lowest BCUT2D eigenvalue weighted by molar-refractivity contribution is -0.130. The third-order valence-electron chi connectivity index (χ3n) is 5.60. The monoisotopic (exact) mass is 406 g/mol. The summed E-state index contributed by atoms with van der Waals surface area (Å²) in [5.41, 5.74) is 8.84. The summed E-state index contributed by atoms with van der Waals surface area (Å²) in [6, 6.07) is 7.55. The second kappa shape index (κ2) is 7.38. The van der Waals surface area contributed by atoms with Gasteiger partial charge in [-0.15, -0.1) is 0 Å². The summed E-state index contributed by atoms with van der Waals surface area (Å²) >= 11 is 0. The van der Waals surface area contributed by atoms with E-state index in [4.69, 9.17) is 5.73 Å². The number of carbonyl (C=O) groups excluding carboxylic acids is 1. The first-order valence-electron chi connectivity index (χ1n) is 9.92. The Kier molecular flexibility index (Phi) is 4.55. The first-order chi connectivity index (χ1) is 14.6. The highest BCUT2D eigenvalue weighted by atomic mass is 16.3. The van der Waals surface area contributed by atoms with Crippen molar-refractivity contribution in [3.05, 3.63) is 42.7 Å². The Morgan fingerprint density at radius 2 is 2.10 bits per heavy atom. The number of anilines is 1. The number of rotatable bonds is 5. The van der Waals surface area contributed by atoms with Crippen LogP contribution in [-0.4, -0.2) is 64.6 Å². The van der Waals surface area contributed by atoms with Crippen molar-refractivity contribution >= 4 is 33.9 Å². The summed E-state index contributed by atoms with van der Waals surface area (Å²) in [5.74, 6) is 1.20. The first-order valence-corrected chi connectivity index (χ1v) is 9.92. The number of fused-ring (bicyclic) bond motifs is 2. The minimum Gasteiger partial charge on any atom is -0.389 e. The zero-order valence-corrected chi connectivity index (χ0v) is 16.3. The van der Waals surface area contributed by atoms with E-state index in [2.05, 4.69) is 24.9 Å². The van der Waals surface area contributed by atoms with E-state index < -0.39 is 6.10 Å². The fourth-order valence-electron chi connectivity index (χ4n) is 4.05. The topological polar surface area (TPSA) is 139 Å². The van der Waals surface area contributed by atoms with E-state index in [0.717, 1.165) is 16.9 Å². The molecule has 1 aromatic carbocycles. The number of H-pyrrole nitrogens is 1. The number of carbonyl (C=O) groups is 1. The molecule has 5 rings (SSSR count). The van der Waals surface area contributed by atoms with Gasteiger partial charge in [0.05, 0.1) is 29.5 Å². The number of amides is 1. The third-order valence-corrected chi connectivity index (χ3v) is 5.60. The highest BCUT2D eigenvalue weighted by Crippen LogP contribution is 2.27. The van der Waals surface area contributed by atoms with Gasteiger partial charge < -0.3 is 25.3 Å². The predicted molar refractivity (Wildman–Crippen MR) is 110 cm³/mol. The number of aliphatic hydroxyl groups excluding tert-OH is 1. The fraction of sp³-hybridized carbons (Fsp3) is 0.350. The molecule has 4 N–H and O–H groups in total. The summed E-state index contributed by atoms with van der Waals surface area (Å²) in [6.07, 6.45) is 4.06. The molecule has 10 heteroatoms. The molecule has 0 spiro atoms. The molecule has 3 aromatic heterocycles. The van der Waals surface area contributed by atoms with Crippen LogP contribution < -0.4 is 5.73 Å². The van der Waals surface area contributed by atoms with E-state index in [0.29, 0.717) is 42.8 Å². The molecule has 4 heterocycles. The van der Waals surface area contributed by atoms with Crippen molar-refractivity contribution in [1.29, 1.82) is 0 Å². The molecule has 2 atom stereocenters. The minimum absolute atomic E-state index is 0.0196. The lowest BCUT2D eigenvalue weighted by Gasteiger charge is -2.17. The van der Waals surface area contributed by atoms with Crippen LogP contribution in [0, 0.1) is 0 Å². The van der Waals surface area contributed by atoms with Crippen molar-refractivity contribution < 1.29 is 9.90 Å². The number of likely N-dealkylation sites (tertiary alicyclic amines) is 1. The van der Waals surface area contributed by atoms with Gasteiger partial charge in [-0.2, -0.15) is 0 Å². The molecular weight excluding hydrogens is 384 g/mol. The number of nitrogens with two attached hydrogens (primary N) is 1. The standard InChI is InChI=1S/C20H22N8O2/c21-19-18-20(23-10-22-19)28(11-24-18)14-8-27(9-15(14)29)17(30)7-3-6-16-25-12-4-1-2-5-13(12)26-16/h1-2,4-5,10-11,14-15,29H,3,6-9H2,(H,25,26)(H2,21,22,23)/t14-,15-/m1/s1. The first kappa shape index (κ1) is 18.5. The Morgan fingerprint density at radius 3 is 2.97 bits per heavy atom. The minimum atomic E-state index is -0.696. The van der Waals surface area contributed by atoms with Crippen molar-refractivity contribution in [3.8, 4) is 0 Å². The summed E-state index contributed by atoms with van der Waals surface area (Å²) in [4.78, 5) is 34.7. The average Bonchev–Trinajstić information content (AvgIpc) is 3.44. The lowest BCUT2D eigenvalue weighted by Crippen LogP contribution is -2.29. The van der Waals surface area contributed by atoms with Crippen LogP contribution in [0.4, 0.5) is 5.82 Å². The number of aryl methyl sites for hydroxylation is 1. The maximum absolute atomic E-state index is 12.7. The number of aromatic nitrogens is 6. The van der Waals surface area contributed by atoms with Crippen LogP contribution in [0.3, 0.4) is 0 Å². The smallest absolute Gasteiger partial charge is 0.222 e. The van der Waals surface area contributed by atoms with Gasteiger partial charge in [-0.1, -0.05) is 12.1 Å². The third kappa shape index (κ3) is 3.24. The van der Waals surface area contributed by atoms with Crippen LogP contribution in [0.1, 0.15) is 24.7 Å². The number of hydrogen-bond donors (Lipinski definition) is 3. The van der Waals surface area contributed by atoms with E-state index in [-0.39, 0.29) is 18.5 Å². The van der Waals surface area contributed by atoms with Gasteiger partial charge in [0.1, 0.15) is 17.7 Å². The molecule has 1 aliphatic rings. The molecule has 0 radical (unpaired) electrons. The molecular formula is C20H22N8O2.